The zero-order valence-corrected chi connectivity index (χ0v) is 17.2. The Kier molecular flexibility index (Phi) is 5.49. The smallest absolute Gasteiger partial charge is 0.275 e. The fraction of sp³-hybridized carbons (Fsp3) is 0.333. The first-order chi connectivity index (χ1) is 13.9. The van der Waals surface area contributed by atoms with E-state index in [1.807, 2.05) is 61.5 Å². The number of rotatable bonds is 5. The van der Waals surface area contributed by atoms with Crippen LogP contribution in [0.2, 0.25) is 0 Å². The molecule has 0 radical (unpaired) electrons. The lowest BCUT2D eigenvalue weighted by Gasteiger charge is -2.33. The lowest BCUT2D eigenvalue weighted by atomic mass is 10.1. The summed E-state index contributed by atoms with van der Waals surface area (Å²) in [4.78, 5) is 14.8. The Morgan fingerprint density at radius 3 is 2.21 bits per heavy atom. The van der Waals surface area contributed by atoms with Gasteiger partial charge in [0.05, 0.1) is 23.5 Å². The molecule has 1 aliphatic rings. The van der Waals surface area contributed by atoms with Gasteiger partial charge in [-0.25, -0.2) is 13.1 Å². The first kappa shape index (κ1) is 19.8. The summed E-state index contributed by atoms with van der Waals surface area (Å²) < 4.78 is 28.4. The Labute approximate surface area is 170 Å². The topological polar surface area (TPSA) is 75.5 Å². The van der Waals surface area contributed by atoms with Gasteiger partial charge in [0.15, 0.2) is 0 Å². The van der Waals surface area contributed by atoms with E-state index in [2.05, 4.69) is 10.00 Å². The Hall–Kier alpha value is -2.55. The number of fused-ring (bicyclic) bond motifs is 1. The molecule has 0 bridgehead atoms. The largest absolute Gasteiger partial charge is 0.282 e. The lowest BCUT2D eigenvalue weighted by molar-refractivity contribution is 0.143. The molecule has 2 aromatic carbocycles. The zero-order valence-electron chi connectivity index (χ0n) is 16.4. The average Bonchev–Trinajstić information content (AvgIpc) is 2.73. The van der Waals surface area contributed by atoms with Crippen LogP contribution in [0.5, 0.6) is 0 Å². The molecule has 1 saturated heterocycles. The molecule has 0 atom stereocenters. The molecule has 1 aromatic heterocycles. The van der Waals surface area contributed by atoms with Gasteiger partial charge in [0.1, 0.15) is 0 Å². The number of hydrogen-bond donors (Lipinski definition) is 0. The second kappa shape index (κ2) is 8.06. The molecule has 0 saturated carbocycles. The van der Waals surface area contributed by atoms with Crippen LogP contribution in [-0.4, -0.2) is 53.6 Å². The van der Waals surface area contributed by atoms with Crippen molar-refractivity contribution in [1.82, 2.24) is 19.0 Å². The molecule has 1 fully saturated rings. The minimum absolute atomic E-state index is 0.0126. The van der Waals surface area contributed by atoms with E-state index in [4.69, 9.17) is 0 Å². The van der Waals surface area contributed by atoms with Crippen molar-refractivity contribution in [2.75, 3.05) is 26.2 Å². The Morgan fingerprint density at radius 2 is 1.52 bits per heavy atom. The van der Waals surface area contributed by atoms with Crippen molar-refractivity contribution in [3.8, 4) is 0 Å². The zero-order chi connectivity index (χ0) is 20.4. The number of benzene rings is 2. The first-order valence-electron chi connectivity index (χ1n) is 9.64. The van der Waals surface area contributed by atoms with Gasteiger partial charge in [0, 0.05) is 31.6 Å². The molecular weight excluding hydrogens is 388 g/mol. The third-order valence-corrected chi connectivity index (χ3v) is 7.15. The second-order valence-electron chi connectivity index (χ2n) is 7.34. The maximum Gasteiger partial charge on any atom is 0.275 e. The number of nitrogens with zero attached hydrogens (tertiary/aromatic N) is 4. The van der Waals surface area contributed by atoms with Gasteiger partial charge in [-0.3, -0.25) is 9.69 Å². The molecular formula is C21H24N4O3S. The van der Waals surface area contributed by atoms with E-state index < -0.39 is 10.0 Å². The molecule has 0 unspecified atom stereocenters. The molecule has 7 nitrogen and oxygen atoms in total. The van der Waals surface area contributed by atoms with Gasteiger partial charge in [0.2, 0.25) is 10.0 Å². The van der Waals surface area contributed by atoms with Crippen LogP contribution in [0.1, 0.15) is 11.3 Å². The highest BCUT2D eigenvalue weighted by atomic mass is 32.2. The maximum absolute atomic E-state index is 12.7. The highest BCUT2D eigenvalue weighted by Crippen LogP contribution is 2.15. The quantitative estimate of drug-likeness (QED) is 0.639. The van der Waals surface area contributed by atoms with E-state index in [9.17, 15) is 13.2 Å². The summed E-state index contributed by atoms with van der Waals surface area (Å²) in [6, 6.07) is 16.7. The predicted molar refractivity (Wildman–Crippen MR) is 113 cm³/mol. The van der Waals surface area contributed by atoms with Gasteiger partial charge in [-0.1, -0.05) is 48.5 Å². The molecule has 152 valence electrons. The maximum atomic E-state index is 12.7. The molecule has 1 aliphatic heterocycles. The van der Waals surface area contributed by atoms with Crippen molar-refractivity contribution in [1.29, 1.82) is 0 Å². The van der Waals surface area contributed by atoms with Crippen molar-refractivity contribution in [3.63, 3.8) is 0 Å². The van der Waals surface area contributed by atoms with Crippen LogP contribution < -0.4 is 5.56 Å². The fourth-order valence-electron chi connectivity index (χ4n) is 3.72. The van der Waals surface area contributed by atoms with Crippen molar-refractivity contribution < 1.29 is 8.42 Å². The molecule has 4 rings (SSSR count). The molecule has 0 amide bonds. The second-order valence-corrected chi connectivity index (χ2v) is 9.30. The Balaban J connectivity index is 1.44. The number of hydrogen-bond acceptors (Lipinski definition) is 5. The standard InChI is InChI=1S/C21H24N4O3S/c1-17-19-9-5-6-10-20(19)21(26)25(22-17)16-23-11-13-24(14-12-23)29(27,28)15-18-7-3-2-4-8-18/h2-10H,11-16H2,1H3. The third kappa shape index (κ3) is 4.24. The predicted octanol–water partition coefficient (Wildman–Crippen LogP) is 1.81. The summed E-state index contributed by atoms with van der Waals surface area (Å²) in [6.45, 7) is 4.21. The van der Waals surface area contributed by atoms with Crippen LogP contribution in [0.4, 0.5) is 0 Å². The Morgan fingerprint density at radius 1 is 0.897 bits per heavy atom. The molecule has 29 heavy (non-hydrogen) atoms. The van der Waals surface area contributed by atoms with Crippen LogP contribution in [0.25, 0.3) is 10.8 Å². The summed E-state index contributed by atoms with van der Waals surface area (Å²) in [5, 5.41) is 5.97. The molecule has 2 heterocycles. The van der Waals surface area contributed by atoms with Crippen LogP contribution in [0, 0.1) is 6.92 Å². The van der Waals surface area contributed by atoms with Gasteiger partial charge in [-0.2, -0.15) is 9.40 Å². The van der Waals surface area contributed by atoms with E-state index in [1.165, 1.54) is 4.68 Å². The number of aromatic nitrogens is 2. The van der Waals surface area contributed by atoms with E-state index in [-0.39, 0.29) is 11.3 Å². The fourth-order valence-corrected chi connectivity index (χ4v) is 5.23. The van der Waals surface area contributed by atoms with Gasteiger partial charge >= 0.3 is 0 Å². The molecule has 8 heteroatoms. The third-order valence-electron chi connectivity index (χ3n) is 5.30. The molecule has 0 N–H and O–H groups in total. The normalized spacial score (nSPS) is 16.3. The van der Waals surface area contributed by atoms with Gasteiger partial charge in [-0.05, 0) is 18.6 Å². The van der Waals surface area contributed by atoms with Crippen LogP contribution in [0.3, 0.4) is 0 Å². The molecule has 0 spiro atoms. The lowest BCUT2D eigenvalue weighted by Crippen LogP contribution is -2.50. The number of aryl methyl sites for hydroxylation is 1. The van der Waals surface area contributed by atoms with Crippen LogP contribution in [-0.2, 0) is 22.4 Å². The van der Waals surface area contributed by atoms with E-state index in [0.717, 1.165) is 16.6 Å². The summed E-state index contributed by atoms with van der Waals surface area (Å²) >= 11 is 0. The van der Waals surface area contributed by atoms with Crippen LogP contribution in [0.15, 0.2) is 59.4 Å². The highest BCUT2D eigenvalue weighted by molar-refractivity contribution is 7.88. The molecule has 0 aliphatic carbocycles. The van der Waals surface area contributed by atoms with E-state index >= 15 is 0 Å². The van der Waals surface area contributed by atoms with Gasteiger partial charge < -0.3 is 0 Å². The Bertz CT molecular complexity index is 1170. The van der Waals surface area contributed by atoms with Crippen molar-refractivity contribution in [2.45, 2.75) is 19.3 Å². The number of piperazine rings is 1. The van der Waals surface area contributed by atoms with Gasteiger partial charge in [0.25, 0.3) is 5.56 Å². The van der Waals surface area contributed by atoms with Crippen molar-refractivity contribution in [3.05, 3.63) is 76.2 Å². The first-order valence-corrected chi connectivity index (χ1v) is 11.3. The minimum Gasteiger partial charge on any atom is -0.282 e. The van der Waals surface area contributed by atoms with E-state index in [1.54, 1.807) is 4.31 Å². The molecule has 3 aromatic rings. The summed E-state index contributed by atoms with van der Waals surface area (Å²) in [5.41, 5.74) is 1.48. The summed E-state index contributed by atoms with van der Waals surface area (Å²) in [6.07, 6.45) is 0. The monoisotopic (exact) mass is 412 g/mol. The summed E-state index contributed by atoms with van der Waals surface area (Å²) in [5.74, 6) is 0.0126. The highest BCUT2D eigenvalue weighted by Gasteiger charge is 2.27. The van der Waals surface area contributed by atoms with E-state index in [0.29, 0.717) is 38.2 Å². The van der Waals surface area contributed by atoms with Crippen LogP contribution >= 0.6 is 0 Å². The SMILES string of the molecule is Cc1nn(CN2CCN(S(=O)(=O)Cc3ccccc3)CC2)c(=O)c2ccccc12. The minimum atomic E-state index is -3.35. The number of sulfonamides is 1. The van der Waals surface area contributed by atoms with Gasteiger partial charge in [-0.15, -0.1) is 0 Å². The van der Waals surface area contributed by atoms with Crippen molar-refractivity contribution >= 4 is 20.8 Å². The van der Waals surface area contributed by atoms with Crippen molar-refractivity contribution in [2.24, 2.45) is 0 Å². The summed E-state index contributed by atoms with van der Waals surface area (Å²) in [7, 11) is -3.35. The average molecular weight is 413 g/mol.